The lowest BCUT2D eigenvalue weighted by Gasteiger charge is -2.22. The maximum atomic E-state index is 13.1. The van der Waals surface area contributed by atoms with Gasteiger partial charge in [0.05, 0.1) is 17.6 Å². The molecule has 156 valence electrons. The van der Waals surface area contributed by atoms with Crippen LogP contribution >= 0.6 is 0 Å². The third kappa shape index (κ3) is 4.56. The SMILES string of the molecule is CCc1cccc(N(N)C(=O)NN)c1COc1ccc(-c2ccc(F)cn2)cc1C. The van der Waals surface area contributed by atoms with Crippen molar-refractivity contribution in [3.8, 4) is 17.0 Å². The number of hydrogen-bond acceptors (Lipinski definition) is 5. The summed E-state index contributed by atoms with van der Waals surface area (Å²) in [4.78, 5) is 16.0. The van der Waals surface area contributed by atoms with Crippen LogP contribution in [-0.4, -0.2) is 11.0 Å². The third-order valence-electron chi connectivity index (χ3n) is 4.80. The average molecular weight is 409 g/mol. The van der Waals surface area contributed by atoms with Crippen LogP contribution in [0.5, 0.6) is 5.75 Å². The largest absolute Gasteiger partial charge is 0.489 e. The van der Waals surface area contributed by atoms with Crippen molar-refractivity contribution in [1.82, 2.24) is 10.4 Å². The molecule has 1 heterocycles. The van der Waals surface area contributed by atoms with Gasteiger partial charge in [0.15, 0.2) is 0 Å². The third-order valence-corrected chi connectivity index (χ3v) is 4.80. The number of hydrazine groups is 2. The Balaban J connectivity index is 1.85. The Morgan fingerprint density at radius 1 is 1.23 bits per heavy atom. The molecule has 3 aromatic rings. The number of nitrogens with two attached hydrogens (primary N) is 2. The molecule has 0 radical (unpaired) electrons. The Labute approximate surface area is 174 Å². The summed E-state index contributed by atoms with van der Waals surface area (Å²) in [6.45, 7) is 4.16. The second-order valence-corrected chi connectivity index (χ2v) is 6.72. The van der Waals surface area contributed by atoms with Gasteiger partial charge in [-0.25, -0.2) is 25.9 Å². The highest BCUT2D eigenvalue weighted by Gasteiger charge is 2.17. The van der Waals surface area contributed by atoms with Crippen LogP contribution in [0.4, 0.5) is 14.9 Å². The summed E-state index contributed by atoms with van der Waals surface area (Å²) >= 11 is 0. The number of aromatic nitrogens is 1. The first-order valence-corrected chi connectivity index (χ1v) is 9.46. The van der Waals surface area contributed by atoms with Crippen molar-refractivity contribution in [1.29, 1.82) is 0 Å². The number of rotatable bonds is 6. The molecule has 0 aliphatic heterocycles. The quantitative estimate of drug-likeness (QED) is 0.328. The number of carbonyl (C=O) groups is 1. The van der Waals surface area contributed by atoms with Gasteiger partial charge in [-0.3, -0.25) is 10.4 Å². The van der Waals surface area contributed by atoms with Crippen molar-refractivity contribution in [3.05, 3.63) is 77.2 Å². The predicted molar refractivity (Wildman–Crippen MR) is 114 cm³/mol. The van der Waals surface area contributed by atoms with Gasteiger partial charge in [0.1, 0.15) is 18.2 Å². The van der Waals surface area contributed by atoms with Crippen LogP contribution in [0.1, 0.15) is 23.6 Å². The number of ether oxygens (including phenoxy) is 1. The molecule has 0 spiro atoms. The first-order valence-electron chi connectivity index (χ1n) is 9.46. The zero-order valence-electron chi connectivity index (χ0n) is 16.9. The fraction of sp³-hybridized carbons (Fsp3) is 0.182. The molecular formula is C22H24FN5O2. The summed E-state index contributed by atoms with van der Waals surface area (Å²) in [5.41, 5.74) is 6.80. The predicted octanol–water partition coefficient (Wildman–Crippen LogP) is 3.60. The van der Waals surface area contributed by atoms with Gasteiger partial charge in [-0.1, -0.05) is 19.1 Å². The summed E-state index contributed by atoms with van der Waals surface area (Å²) in [6, 6.07) is 13.6. The molecule has 0 fully saturated rings. The lowest BCUT2D eigenvalue weighted by Crippen LogP contribution is -2.48. The number of nitrogens with zero attached hydrogens (tertiary/aromatic N) is 2. The summed E-state index contributed by atoms with van der Waals surface area (Å²) in [7, 11) is 0. The van der Waals surface area contributed by atoms with E-state index in [1.807, 2.05) is 49.6 Å². The number of pyridine rings is 1. The number of halogens is 1. The number of anilines is 1. The van der Waals surface area contributed by atoms with E-state index in [9.17, 15) is 9.18 Å². The fourth-order valence-corrected chi connectivity index (χ4v) is 3.19. The van der Waals surface area contributed by atoms with Crippen LogP contribution in [0.25, 0.3) is 11.3 Å². The molecule has 2 aromatic carbocycles. The van der Waals surface area contributed by atoms with Crippen LogP contribution in [0.15, 0.2) is 54.7 Å². The first-order chi connectivity index (χ1) is 14.4. The Hall–Kier alpha value is -3.49. The number of amides is 2. The molecule has 0 aliphatic rings. The fourth-order valence-electron chi connectivity index (χ4n) is 3.19. The second kappa shape index (κ2) is 9.34. The van der Waals surface area contributed by atoms with E-state index < -0.39 is 6.03 Å². The van der Waals surface area contributed by atoms with Gasteiger partial charge in [-0.2, -0.15) is 0 Å². The standard InChI is InChI=1S/C22H24FN5O2/c1-3-15-5-4-6-20(28(25)22(29)27-24)18(15)13-30-21-10-7-16(11-14(21)2)19-9-8-17(23)12-26-19/h4-12H,3,13,24-25H2,1-2H3,(H,27,29). The van der Waals surface area contributed by atoms with Gasteiger partial charge >= 0.3 is 6.03 Å². The van der Waals surface area contributed by atoms with Crippen LogP contribution in [0, 0.1) is 12.7 Å². The molecule has 0 saturated carbocycles. The monoisotopic (exact) mass is 409 g/mol. The zero-order valence-corrected chi connectivity index (χ0v) is 16.9. The van der Waals surface area contributed by atoms with Gasteiger partial charge in [0.2, 0.25) is 0 Å². The molecule has 1 aromatic heterocycles. The number of benzene rings is 2. The van der Waals surface area contributed by atoms with Crippen LogP contribution < -0.4 is 26.9 Å². The van der Waals surface area contributed by atoms with E-state index in [2.05, 4.69) is 4.98 Å². The normalized spacial score (nSPS) is 10.6. The van der Waals surface area contributed by atoms with Crippen molar-refractivity contribution in [2.45, 2.75) is 26.9 Å². The summed E-state index contributed by atoms with van der Waals surface area (Å²) in [5.74, 6) is 11.4. The van der Waals surface area contributed by atoms with Crippen molar-refractivity contribution in [2.75, 3.05) is 5.01 Å². The number of aryl methyl sites for hydroxylation is 2. The number of nitrogens with one attached hydrogen (secondary N) is 1. The summed E-state index contributed by atoms with van der Waals surface area (Å²) < 4.78 is 19.2. The van der Waals surface area contributed by atoms with Crippen molar-refractivity contribution >= 4 is 11.7 Å². The van der Waals surface area contributed by atoms with E-state index in [-0.39, 0.29) is 12.4 Å². The Morgan fingerprint density at radius 2 is 2.03 bits per heavy atom. The van der Waals surface area contributed by atoms with Gasteiger partial charge in [-0.15, -0.1) is 0 Å². The van der Waals surface area contributed by atoms with Gasteiger partial charge < -0.3 is 4.74 Å². The molecule has 5 N–H and O–H groups in total. The van der Waals surface area contributed by atoms with Crippen LogP contribution in [0.2, 0.25) is 0 Å². The highest BCUT2D eigenvalue weighted by molar-refractivity contribution is 5.91. The highest BCUT2D eigenvalue weighted by Crippen LogP contribution is 2.29. The van der Waals surface area contributed by atoms with E-state index in [0.29, 0.717) is 17.1 Å². The molecule has 7 nitrogen and oxygen atoms in total. The van der Waals surface area contributed by atoms with E-state index >= 15 is 0 Å². The van der Waals surface area contributed by atoms with Crippen LogP contribution in [-0.2, 0) is 13.0 Å². The smallest absolute Gasteiger partial charge is 0.350 e. The zero-order chi connectivity index (χ0) is 21.7. The maximum Gasteiger partial charge on any atom is 0.350 e. The molecule has 0 atom stereocenters. The minimum Gasteiger partial charge on any atom is -0.489 e. The number of carbonyl (C=O) groups excluding carboxylic acids is 1. The van der Waals surface area contributed by atoms with Crippen molar-refractivity contribution in [3.63, 3.8) is 0 Å². The Kier molecular flexibility index (Phi) is 6.61. The van der Waals surface area contributed by atoms with Gasteiger partial charge in [0.25, 0.3) is 0 Å². The second-order valence-electron chi connectivity index (χ2n) is 6.72. The molecule has 0 bridgehead atoms. The molecule has 0 saturated heterocycles. The Bertz CT molecular complexity index is 1040. The summed E-state index contributed by atoms with van der Waals surface area (Å²) in [5, 5.41) is 0.966. The van der Waals surface area contributed by atoms with E-state index in [1.54, 1.807) is 12.1 Å². The summed E-state index contributed by atoms with van der Waals surface area (Å²) in [6.07, 6.45) is 1.94. The molecule has 8 heteroatoms. The Morgan fingerprint density at radius 3 is 2.67 bits per heavy atom. The molecule has 0 aliphatic carbocycles. The van der Waals surface area contributed by atoms with Crippen molar-refractivity contribution < 1.29 is 13.9 Å². The molecule has 2 amide bonds. The van der Waals surface area contributed by atoms with Gasteiger partial charge in [-0.05, 0) is 60.9 Å². The molecule has 3 rings (SSSR count). The highest BCUT2D eigenvalue weighted by atomic mass is 19.1. The lowest BCUT2D eigenvalue weighted by molar-refractivity contribution is 0.246. The minimum absolute atomic E-state index is 0.222. The molecule has 0 unspecified atom stereocenters. The topological polar surface area (TPSA) is 106 Å². The molecular weight excluding hydrogens is 385 g/mol. The van der Waals surface area contributed by atoms with E-state index in [1.165, 1.54) is 12.3 Å². The number of hydrogen-bond donors (Lipinski definition) is 3. The number of urea groups is 1. The van der Waals surface area contributed by atoms with E-state index in [0.717, 1.165) is 33.7 Å². The molecule has 30 heavy (non-hydrogen) atoms. The van der Waals surface area contributed by atoms with E-state index in [4.69, 9.17) is 16.4 Å². The minimum atomic E-state index is -0.628. The maximum absolute atomic E-state index is 13.1. The van der Waals surface area contributed by atoms with Crippen molar-refractivity contribution in [2.24, 2.45) is 11.7 Å². The first kappa shape index (κ1) is 21.2. The van der Waals surface area contributed by atoms with Crippen LogP contribution in [0.3, 0.4) is 0 Å². The van der Waals surface area contributed by atoms with Gasteiger partial charge in [0, 0.05) is 11.1 Å². The average Bonchev–Trinajstić information content (AvgIpc) is 2.77. The lowest BCUT2D eigenvalue weighted by atomic mass is 10.0.